The van der Waals surface area contributed by atoms with Gasteiger partial charge < -0.3 is 0 Å². The van der Waals surface area contributed by atoms with E-state index in [2.05, 4.69) is 43.9 Å². The lowest BCUT2D eigenvalue weighted by Crippen LogP contribution is -2.29. The van der Waals surface area contributed by atoms with E-state index in [1.807, 2.05) is 30.3 Å². The average Bonchev–Trinajstić information content (AvgIpc) is 3.39. The molecular formula is C24H26OSi. The van der Waals surface area contributed by atoms with E-state index < -0.39 is 8.07 Å². The molecule has 2 heteroatoms. The number of carbonyl (C=O) groups is 1. The van der Waals surface area contributed by atoms with Gasteiger partial charge in [0.05, 0.1) is 8.07 Å². The molecular weight excluding hydrogens is 332 g/mol. The summed E-state index contributed by atoms with van der Waals surface area (Å²) in [6.07, 6.45) is 11.8. The van der Waals surface area contributed by atoms with Crippen LogP contribution in [0.3, 0.4) is 0 Å². The highest BCUT2D eigenvalue weighted by Crippen LogP contribution is 2.57. The van der Waals surface area contributed by atoms with Gasteiger partial charge >= 0.3 is 0 Å². The number of allylic oxidation sites excluding steroid dienone is 8. The van der Waals surface area contributed by atoms with Gasteiger partial charge in [0.2, 0.25) is 0 Å². The van der Waals surface area contributed by atoms with Crippen LogP contribution in [0.1, 0.15) is 23.2 Å². The zero-order chi connectivity index (χ0) is 18.1. The Kier molecular flexibility index (Phi) is 3.46. The predicted molar refractivity (Wildman–Crippen MR) is 110 cm³/mol. The van der Waals surface area contributed by atoms with E-state index in [0.717, 1.165) is 17.6 Å². The molecule has 1 nitrogen and oxygen atoms in total. The van der Waals surface area contributed by atoms with Crippen LogP contribution >= 0.6 is 0 Å². The van der Waals surface area contributed by atoms with Crippen molar-refractivity contribution in [3.63, 3.8) is 0 Å². The number of hydrogen-bond donors (Lipinski definition) is 0. The molecule has 0 amide bonds. The third kappa shape index (κ3) is 2.24. The van der Waals surface area contributed by atoms with Crippen molar-refractivity contribution in [2.45, 2.75) is 32.5 Å². The Morgan fingerprint density at radius 3 is 2.08 bits per heavy atom. The maximum absolute atomic E-state index is 13.4. The molecule has 0 aliphatic heterocycles. The molecule has 4 aliphatic rings. The molecule has 0 spiro atoms. The molecule has 0 fully saturated rings. The molecule has 4 bridgehead atoms. The molecule has 132 valence electrons. The molecule has 4 aliphatic carbocycles. The van der Waals surface area contributed by atoms with Crippen molar-refractivity contribution >= 4 is 13.9 Å². The summed E-state index contributed by atoms with van der Waals surface area (Å²) in [4.78, 5) is 13.4. The van der Waals surface area contributed by atoms with Gasteiger partial charge in [-0.1, -0.05) is 79.5 Å². The van der Waals surface area contributed by atoms with Gasteiger partial charge in [-0.2, -0.15) is 0 Å². The van der Waals surface area contributed by atoms with E-state index in [0.29, 0.717) is 23.7 Å². The van der Waals surface area contributed by atoms with Crippen LogP contribution in [0.2, 0.25) is 19.6 Å². The van der Waals surface area contributed by atoms with Crippen LogP contribution in [0.15, 0.2) is 76.6 Å². The van der Waals surface area contributed by atoms with Gasteiger partial charge in [-0.25, -0.2) is 0 Å². The number of fused-ring (bicyclic) bond motifs is 4. The standard InChI is InChI=1S/C24H26OSi/c1-26(2,3)24-19-12-11-18(14-19)22(24)20-16-9-10-17(13-16)21(20)23(25)15-7-5-4-6-8-15/h4-12,16-19H,13-14H2,1-3H3/t16-,17+,18+,19-/m0/s1. The number of Topliss-reactive ketones (excluding diaryl/α,β-unsaturated/α-hetero) is 1. The number of hydrogen-bond acceptors (Lipinski definition) is 1. The first-order chi connectivity index (χ1) is 12.4. The minimum Gasteiger partial charge on any atom is -0.289 e. The molecule has 4 atom stereocenters. The second-order valence-electron chi connectivity index (χ2n) is 9.27. The highest BCUT2D eigenvalue weighted by Gasteiger charge is 2.47. The molecule has 5 rings (SSSR count). The summed E-state index contributed by atoms with van der Waals surface area (Å²) in [6, 6.07) is 9.88. The fraction of sp³-hybridized carbons (Fsp3) is 0.375. The van der Waals surface area contributed by atoms with Crippen molar-refractivity contribution in [1.29, 1.82) is 0 Å². The van der Waals surface area contributed by atoms with Gasteiger partial charge in [0.15, 0.2) is 5.78 Å². The molecule has 1 aromatic carbocycles. The maximum Gasteiger partial charge on any atom is 0.189 e. The Balaban J connectivity index is 1.70. The van der Waals surface area contributed by atoms with Crippen LogP contribution in [0.25, 0.3) is 0 Å². The monoisotopic (exact) mass is 358 g/mol. The van der Waals surface area contributed by atoms with Gasteiger partial charge in [-0.05, 0) is 29.9 Å². The van der Waals surface area contributed by atoms with Crippen LogP contribution < -0.4 is 0 Å². The van der Waals surface area contributed by atoms with Crippen molar-refractivity contribution in [3.05, 3.63) is 82.1 Å². The maximum atomic E-state index is 13.4. The minimum absolute atomic E-state index is 0.256. The van der Waals surface area contributed by atoms with Gasteiger partial charge in [-0.3, -0.25) is 4.79 Å². The van der Waals surface area contributed by atoms with Gasteiger partial charge in [0.25, 0.3) is 0 Å². The molecule has 0 radical (unpaired) electrons. The summed E-state index contributed by atoms with van der Waals surface area (Å²) in [5.41, 5.74) is 4.94. The van der Waals surface area contributed by atoms with Crippen molar-refractivity contribution in [1.82, 2.24) is 0 Å². The Morgan fingerprint density at radius 2 is 1.38 bits per heavy atom. The summed E-state index contributed by atoms with van der Waals surface area (Å²) in [5.74, 6) is 2.21. The first-order valence-electron chi connectivity index (χ1n) is 9.90. The smallest absolute Gasteiger partial charge is 0.189 e. The molecule has 0 unspecified atom stereocenters. The Labute approximate surface area is 157 Å². The Morgan fingerprint density at radius 1 is 0.808 bits per heavy atom. The van der Waals surface area contributed by atoms with Gasteiger partial charge in [-0.15, -0.1) is 0 Å². The summed E-state index contributed by atoms with van der Waals surface area (Å²) in [7, 11) is -1.42. The molecule has 0 saturated carbocycles. The fourth-order valence-corrected chi connectivity index (χ4v) is 8.19. The van der Waals surface area contributed by atoms with E-state index >= 15 is 0 Å². The molecule has 0 heterocycles. The van der Waals surface area contributed by atoms with Gasteiger partial charge in [0, 0.05) is 28.9 Å². The number of carbonyl (C=O) groups excluding carboxylic acids is 1. The van der Waals surface area contributed by atoms with E-state index in [4.69, 9.17) is 0 Å². The van der Waals surface area contributed by atoms with Crippen LogP contribution in [-0.2, 0) is 0 Å². The molecule has 1 aromatic rings. The molecule has 0 N–H and O–H groups in total. The minimum atomic E-state index is -1.42. The predicted octanol–water partition coefficient (Wildman–Crippen LogP) is 5.75. The summed E-state index contributed by atoms with van der Waals surface area (Å²) < 4.78 is 0. The van der Waals surface area contributed by atoms with Crippen molar-refractivity contribution in [2.24, 2.45) is 23.7 Å². The Bertz CT molecular complexity index is 907. The number of benzene rings is 1. The first kappa shape index (κ1) is 16.3. The lowest BCUT2D eigenvalue weighted by atomic mass is 9.83. The topological polar surface area (TPSA) is 17.1 Å². The summed E-state index contributed by atoms with van der Waals surface area (Å²) in [5, 5.41) is 1.72. The highest BCUT2D eigenvalue weighted by atomic mass is 28.3. The zero-order valence-corrected chi connectivity index (χ0v) is 16.8. The Hall–Kier alpha value is -1.93. The quantitative estimate of drug-likeness (QED) is 0.380. The summed E-state index contributed by atoms with van der Waals surface area (Å²) in [6.45, 7) is 7.41. The largest absolute Gasteiger partial charge is 0.289 e. The number of ketones is 1. The van der Waals surface area contributed by atoms with E-state index in [1.165, 1.54) is 12.0 Å². The van der Waals surface area contributed by atoms with Crippen molar-refractivity contribution in [2.75, 3.05) is 0 Å². The summed E-state index contributed by atoms with van der Waals surface area (Å²) >= 11 is 0. The van der Waals surface area contributed by atoms with Crippen molar-refractivity contribution in [3.8, 4) is 0 Å². The number of rotatable bonds is 4. The average molecular weight is 359 g/mol. The zero-order valence-electron chi connectivity index (χ0n) is 15.8. The van der Waals surface area contributed by atoms with E-state index in [1.54, 1.807) is 10.8 Å². The van der Waals surface area contributed by atoms with E-state index in [-0.39, 0.29) is 5.78 Å². The van der Waals surface area contributed by atoms with Crippen molar-refractivity contribution < 1.29 is 4.79 Å². The van der Waals surface area contributed by atoms with Crippen LogP contribution in [0.5, 0.6) is 0 Å². The van der Waals surface area contributed by atoms with Crippen LogP contribution in [0, 0.1) is 23.7 Å². The van der Waals surface area contributed by atoms with Gasteiger partial charge in [0.1, 0.15) is 0 Å². The van der Waals surface area contributed by atoms with Crippen LogP contribution in [0.4, 0.5) is 0 Å². The third-order valence-electron chi connectivity index (χ3n) is 6.61. The molecule has 26 heavy (non-hydrogen) atoms. The second-order valence-corrected chi connectivity index (χ2v) is 14.3. The highest BCUT2D eigenvalue weighted by molar-refractivity contribution is 6.83. The third-order valence-corrected chi connectivity index (χ3v) is 8.87. The fourth-order valence-electron chi connectivity index (χ4n) is 5.74. The molecule has 0 aromatic heterocycles. The first-order valence-corrected chi connectivity index (χ1v) is 13.4. The lowest BCUT2D eigenvalue weighted by Gasteiger charge is -2.29. The second kappa shape index (κ2) is 5.53. The van der Waals surface area contributed by atoms with Crippen LogP contribution in [-0.4, -0.2) is 13.9 Å². The normalized spacial score (nSPS) is 31.7. The SMILES string of the molecule is C[Si](C)(C)C1=C(C2=C(C(=O)c3ccccc3)[C@@H]3C=C[C@H]2C3)[C@@H]2C=C[C@H]1C2. The lowest BCUT2D eigenvalue weighted by molar-refractivity contribution is 0.102. The van der Waals surface area contributed by atoms with E-state index in [9.17, 15) is 4.79 Å². The molecule has 0 saturated heterocycles.